The summed E-state index contributed by atoms with van der Waals surface area (Å²) in [6, 6.07) is 2.49. The number of aromatic nitrogens is 1. The lowest BCUT2D eigenvalue weighted by Gasteiger charge is -2.34. The quantitative estimate of drug-likeness (QED) is 0.710. The van der Waals surface area contributed by atoms with Crippen LogP contribution in [0, 0.1) is 12.8 Å². The van der Waals surface area contributed by atoms with Gasteiger partial charge in [-0.1, -0.05) is 13.3 Å². The number of anilines is 1. The van der Waals surface area contributed by atoms with Gasteiger partial charge in [0.2, 0.25) is 5.91 Å². The summed E-state index contributed by atoms with van der Waals surface area (Å²) < 4.78 is 0. The van der Waals surface area contributed by atoms with Crippen LogP contribution < -0.4 is 10.6 Å². The summed E-state index contributed by atoms with van der Waals surface area (Å²) in [5, 5.41) is 15.0. The van der Waals surface area contributed by atoms with E-state index in [1.807, 2.05) is 0 Å². The van der Waals surface area contributed by atoms with Crippen molar-refractivity contribution in [3.63, 3.8) is 0 Å². The van der Waals surface area contributed by atoms with Gasteiger partial charge in [-0.05, 0) is 50.7 Å². The maximum absolute atomic E-state index is 12.8. The van der Waals surface area contributed by atoms with Gasteiger partial charge in [0.15, 0.2) is 11.6 Å². The fourth-order valence-corrected chi connectivity index (χ4v) is 3.69. The summed E-state index contributed by atoms with van der Waals surface area (Å²) in [6.45, 7) is 3.45. The van der Waals surface area contributed by atoms with E-state index in [9.17, 15) is 19.5 Å². The Morgan fingerprint density at radius 2 is 2.08 bits per heavy atom. The number of carbonyl (C=O) groups is 3. The smallest absolute Gasteiger partial charge is 0.325 e. The lowest BCUT2D eigenvalue weighted by atomic mass is 9.75. The number of nitrogens with zero attached hydrogens (tertiary/aromatic N) is 2. The molecule has 0 aromatic carbocycles. The molecule has 1 saturated carbocycles. The first-order valence-electron chi connectivity index (χ1n) is 8.95. The molecule has 0 atom stereocenters. The van der Waals surface area contributed by atoms with Crippen LogP contribution >= 0.6 is 0 Å². The van der Waals surface area contributed by atoms with Crippen LogP contribution in [0.2, 0.25) is 0 Å². The molecule has 1 saturated heterocycles. The summed E-state index contributed by atoms with van der Waals surface area (Å²) in [6.07, 6.45) is 4.06. The van der Waals surface area contributed by atoms with Crippen molar-refractivity contribution in [2.24, 2.45) is 5.92 Å². The topological polar surface area (TPSA) is 112 Å². The van der Waals surface area contributed by atoms with E-state index in [2.05, 4.69) is 22.5 Å². The zero-order valence-electron chi connectivity index (χ0n) is 15.0. The zero-order valence-corrected chi connectivity index (χ0v) is 15.0. The third-order valence-corrected chi connectivity index (χ3v) is 5.35. The van der Waals surface area contributed by atoms with Crippen molar-refractivity contribution in [1.82, 2.24) is 15.2 Å². The molecule has 4 amide bonds. The summed E-state index contributed by atoms with van der Waals surface area (Å²) in [5.41, 5.74) is -0.244. The molecule has 8 nitrogen and oxygen atoms in total. The SMILES string of the molecule is CCC1CCC2(CC1)NC(=O)N(CC(=O)Nc1nc(C)ccc1O)C2=O. The molecule has 2 heterocycles. The van der Waals surface area contributed by atoms with Crippen molar-refractivity contribution < 1.29 is 19.5 Å². The maximum atomic E-state index is 12.8. The molecule has 1 spiro atoms. The van der Waals surface area contributed by atoms with Crippen molar-refractivity contribution in [3.8, 4) is 5.75 Å². The number of hydrogen-bond acceptors (Lipinski definition) is 5. The molecule has 1 aromatic rings. The molecule has 8 heteroatoms. The molecule has 0 radical (unpaired) electrons. The Balaban J connectivity index is 1.66. The molecule has 140 valence electrons. The molecule has 1 aromatic heterocycles. The number of aromatic hydroxyl groups is 1. The Morgan fingerprint density at radius 1 is 1.38 bits per heavy atom. The average molecular weight is 360 g/mol. The lowest BCUT2D eigenvalue weighted by Crippen LogP contribution is -2.49. The number of imide groups is 1. The van der Waals surface area contributed by atoms with Crippen molar-refractivity contribution >= 4 is 23.7 Å². The molecule has 2 fully saturated rings. The first-order valence-corrected chi connectivity index (χ1v) is 8.95. The highest BCUT2D eigenvalue weighted by molar-refractivity contribution is 6.10. The Labute approximate surface area is 152 Å². The number of urea groups is 1. The number of nitrogens with one attached hydrogen (secondary N) is 2. The first-order chi connectivity index (χ1) is 12.3. The standard InChI is InChI=1S/C18H24N4O4/c1-3-12-6-8-18(9-7-12)16(25)22(17(26)21-18)10-14(24)20-15-13(23)5-4-11(2)19-15/h4-5,12,23H,3,6-10H2,1-2H3,(H,21,26)(H,19,20,24). The van der Waals surface area contributed by atoms with E-state index in [4.69, 9.17) is 0 Å². The van der Waals surface area contributed by atoms with E-state index >= 15 is 0 Å². The van der Waals surface area contributed by atoms with Crippen LogP contribution in [0.3, 0.4) is 0 Å². The normalized spacial score (nSPS) is 25.5. The second kappa shape index (κ2) is 6.93. The molecule has 2 aliphatic rings. The maximum Gasteiger partial charge on any atom is 0.325 e. The third-order valence-electron chi connectivity index (χ3n) is 5.35. The monoisotopic (exact) mass is 360 g/mol. The minimum absolute atomic E-state index is 0.0141. The molecule has 0 unspecified atom stereocenters. The number of rotatable bonds is 4. The molecule has 26 heavy (non-hydrogen) atoms. The van der Waals surface area contributed by atoms with E-state index in [0.29, 0.717) is 24.5 Å². The number of carbonyl (C=O) groups excluding carboxylic acids is 3. The minimum Gasteiger partial charge on any atom is -0.504 e. The highest BCUT2D eigenvalue weighted by Crippen LogP contribution is 2.37. The summed E-state index contributed by atoms with van der Waals surface area (Å²) >= 11 is 0. The van der Waals surface area contributed by atoms with Crippen LogP contribution in [-0.2, 0) is 9.59 Å². The average Bonchev–Trinajstić information content (AvgIpc) is 2.83. The second-order valence-electron chi connectivity index (χ2n) is 7.12. The van der Waals surface area contributed by atoms with Gasteiger partial charge in [-0.3, -0.25) is 14.5 Å². The van der Waals surface area contributed by atoms with Crippen LogP contribution in [0.15, 0.2) is 12.1 Å². The molecule has 1 aliphatic heterocycles. The van der Waals surface area contributed by atoms with Crippen molar-refractivity contribution in [2.45, 2.75) is 51.5 Å². The Kier molecular flexibility index (Phi) is 4.84. The van der Waals surface area contributed by atoms with E-state index in [1.165, 1.54) is 6.07 Å². The van der Waals surface area contributed by atoms with Crippen molar-refractivity contribution in [3.05, 3.63) is 17.8 Å². The highest BCUT2D eigenvalue weighted by atomic mass is 16.3. The fraction of sp³-hybridized carbons (Fsp3) is 0.556. The van der Waals surface area contributed by atoms with Crippen LogP contribution in [0.25, 0.3) is 0 Å². The zero-order chi connectivity index (χ0) is 18.9. The first kappa shape index (κ1) is 18.2. The van der Waals surface area contributed by atoms with Gasteiger partial charge in [-0.25, -0.2) is 9.78 Å². The number of aryl methyl sites for hydroxylation is 1. The lowest BCUT2D eigenvalue weighted by molar-refractivity contribution is -0.135. The summed E-state index contributed by atoms with van der Waals surface area (Å²) in [7, 11) is 0. The van der Waals surface area contributed by atoms with Gasteiger partial charge < -0.3 is 15.7 Å². The minimum atomic E-state index is -0.868. The highest BCUT2D eigenvalue weighted by Gasteiger charge is 2.52. The Morgan fingerprint density at radius 3 is 2.73 bits per heavy atom. The van der Waals surface area contributed by atoms with E-state index in [-0.39, 0.29) is 17.5 Å². The van der Waals surface area contributed by atoms with Crippen LogP contribution in [0.4, 0.5) is 10.6 Å². The predicted octanol–water partition coefficient (Wildman–Crippen LogP) is 1.92. The van der Waals surface area contributed by atoms with Gasteiger partial charge in [0.25, 0.3) is 5.91 Å². The molecular weight excluding hydrogens is 336 g/mol. The molecular formula is C18H24N4O4. The Hall–Kier alpha value is -2.64. The van der Waals surface area contributed by atoms with E-state index in [1.54, 1.807) is 13.0 Å². The van der Waals surface area contributed by atoms with Crippen LogP contribution in [0.1, 0.15) is 44.7 Å². The van der Waals surface area contributed by atoms with Gasteiger partial charge in [0.1, 0.15) is 12.1 Å². The van der Waals surface area contributed by atoms with Crippen LogP contribution in [0.5, 0.6) is 5.75 Å². The van der Waals surface area contributed by atoms with Gasteiger partial charge in [0.05, 0.1) is 0 Å². The van der Waals surface area contributed by atoms with Gasteiger partial charge in [-0.2, -0.15) is 0 Å². The van der Waals surface area contributed by atoms with Crippen molar-refractivity contribution in [2.75, 3.05) is 11.9 Å². The summed E-state index contributed by atoms with van der Waals surface area (Å²) in [4.78, 5) is 42.3. The van der Waals surface area contributed by atoms with Crippen molar-refractivity contribution in [1.29, 1.82) is 0 Å². The number of hydrogen-bond donors (Lipinski definition) is 3. The van der Waals surface area contributed by atoms with Crippen LogP contribution in [-0.4, -0.2) is 44.9 Å². The van der Waals surface area contributed by atoms with Gasteiger partial charge >= 0.3 is 6.03 Å². The predicted molar refractivity (Wildman–Crippen MR) is 94.5 cm³/mol. The second-order valence-corrected chi connectivity index (χ2v) is 7.12. The Bertz CT molecular complexity index is 741. The van der Waals surface area contributed by atoms with E-state index < -0.39 is 24.0 Å². The number of pyridine rings is 1. The van der Waals surface area contributed by atoms with Gasteiger partial charge in [-0.15, -0.1) is 0 Å². The largest absolute Gasteiger partial charge is 0.504 e. The fourth-order valence-electron chi connectivity index (χ4n) is 3.69. The van der Waals surface area contributed by atoms with Gasteiger partial charge in [0, 0.05) is 5.69 Å². The molecule has 1 aliphatic carbocycles. The number of amides is 4. The molecule has 0 bridgehead atoms. The summed E-state index contributed by atoms with van der Waals surface area (Å²) in [5.74, 6) is -0.497. The van der Waals surface area contributed by atoms with E-state index in [0.717, 1.165) is 24.2 Å². The third kappa shape index (κ3) is 3.36. The molecule has 3 N–H and O–H groups in total. The molecule has 3 rings (SSSR count).